The number of carbonyl (C=O) groups is 1. The van der Waals surface area contributed by atoms with Crippen LogP contribution in [0.3, 0.4) is 0 Å². The smallest absolute Gasteiger partial charge is 0.263 e. The molecule has 0 saturated carbocycles. The predicted molar refractivity (Wildman–Crippen MR) is 86.2 cm³/mol. The van der Waals surface area contributed by atoms with Crippen LogP contribution >= 0.6 is 0 Å². The fraction of sp³-hybridized carbons (Fsp3) is 0. The molecule has 0 unspecified atom stereocenters. The molecule has 0 amide bonds. The Bertz CT molecular complexity index is 920. The van der Waals surface area contributed by atoms with Gasteiger partial charge >= 0.3 is 0 Å². The third-order valence-corrected chi connectivity index (χ3v) is 4.51. The van der Waals surface area contributed by atoms with Gasteiger partial charge in [0.1, 0.15) is 11.5 Å². The fourth-order valence-corrected chi connectivity index (χ4v) is 3.15. The average molecular weight is 327 g/mol. The van der Waals surface area contributed by atoms with Crippen molar-refractivity contribution in [2.45, 2.75) is 4.90 Å². The average Bonchev–Trinajstić information content (AvgIpc) is 2.99. The zero-order chi connectivity index (χ0) is 16.3. The molecule has 1 heterocycles. The van der Waals surface area contributed by atoms with E-state index >= 15 is 0 Å². The van der Waals surface area contributed by atoms with Gasteiger partial charge in [0.05, 0.1) is 10.6 Å². The number of benzene rings is 2. The summed E-state index contributed by atoms with van der Waals surface area (Å²) in [6.07, 6.45) is 0.569. The molecular formula is C16H13N3O3S. The van der Waals surface area contributed by atoms with Gasteiger partial charge in [-0.2, -0.15) is 5.10 Å². The Labute approximate surface area is 133 Å². The normalized spacial score (nSPS) is 11.1. The van der Waals surface area contributed by atoms with Gasteiger partial charge in [-0.3, -0.25) is 9.52 Å². The minimum absolute atomic E-state index is 0.133. The van der Waals surface area contributed by atoms with Crippen LogP contribution in [0.25, 0.3) is 5.69 Å². The van der Waals surface area contributed by atoms with Crippen molar-refractivity contribution in [1.29, 1.82) is 0 Å². The molecule has 2 aromatic carbocycles. The van der Waals surface area contributed by atoms with E-state index in [0.29, 0.717) is 12.0 Å². The van der Waals surface area contributed by atoms with Gasteiger partial charge in [-0.15, -0.1) is 0 Å². The second-order valence-electron chi connectivity index (χ2n) is 4.74. The number of nitrogens with zero attached hydrogens (tertiary/aromatic N) is 2. The predicted octanol–water partition coefficient (Wildman–Crippen LogP) is 2.49. The summed E-state index contributed by atoms with van der Waals surface area (Å²) in [4.78, 5) is 11.1. The first-order valence-electron chi connectivity index (χ1n) is 6.79. The Morgan fingerprint density at radius 2 is 1.57 bits per heavy atom. The van der Waals surface area contributed by atoms with Crippen LogP contribution in [0.5, 0.6) is 0 Å². The van der Waals surface area contributed by atoms with Crippen LogP contribution in [0.1, 0.15) is 10.5 Å². The fourth-order valence-electron chi connectivity index (χ4n) is 2.09. The number of carbonyl (C=O) groups excluding carboxylic acids is 1. The van der Waals surface area contributed by atoms with Gasteiger partial charge < -0.3 is 0 Å². The van der Waals surface area contributed by atoms with Crippen LogP contribution in [0.2, 0.25) is 0 Å². The van der Waals surface area contributed by atoms with Crippen LogP contribution in [0, 0.1) is 0 Å². The first-order chi connectivity index (χ1) is 11.1. The van der Waals surface area contributed by atoms with Crippen molar-refractivity contribution in [3.63, 3.8) is 0 Å². The second kappa shape index (κ2) is 6.05. The number of hydrogen-bond acceptors (Lipinski definition) is 4. The van der Waals surface area contributed by atoms with Crippen LogP contribution in [0.4, 0.5) is 5.82 Å². The molecule has 1 N–H and O–H groups in total. The van der Waals surface area contributed by atoms with E-state index in [2.05, 4.69) is 9.82 Å². The summed E-state index contributed by atoms with van der Waals surface area (Å²) in [6, 6.07) is 18.3. The molecule has 0 aliphatic heterocycles. The zero-order valence-electron chi connectivity index (χ0n) is 12.0. The monoisotopic (exact) mass is 327 g/mol. The number of para-hydroxylation sites is 1. The van der Waals surface area contributed by atoms with Crippen molar-refractivity contribution in [3.05, 3.63) is 72.4 Å². The van der Waals surface area contributed by atoms with E-state index in [-0.39, 0.29) is 16.4 Å². The number of aromatic nitrogens is 2. The van der Waals surface area contributed by atoms with Crippen molar-refractivity contribution in [3.8, 4) is 5.69 Å². The number of sulfonamides is 1. The summed E-state index contributed by atoms with van der Waals surface area (Å²) in [7, 11) is -3.77. The maximum atomic E-state index is 12.4. The molecule has 0 bridgehead atoms. The third-order valence-electron chi connectivity index (χ3n) is 3.14. The SMILES string of the molecule is O=Cc1cc(NS(=O)(=O)c2ccccc2)n(-c2ccccc2)n1. The lowest BCUT2D eigenvalue weighted by Crippen LogP contribution is -2.15. The van der Waals surface area contributed by atoms with Gasteiger partial charge in [0.2, 0.25) is 0 Å². The summed E-state index contributed by atoms with van der Waals surface area (Å²) in [6.45, 7) is 0. The number of hydrogen-bond donors (Lipinski definition) is 1. The summed E-state index contributed by atoms with van der Waals surface area (Å²) >= 11 is 0. The van der Waals surface area contributed by atoms with Crippen LogP contribution in [-0.2, 0) is 10.0 Å². The first-order valence-corrected chi connectivity index (χ1v) is 8.27. The number of anilines is 1. The molecule has 0 spiro atoms. The molecule has 23 heavy (non-hydrogen) atoms. The zero-order valence-corrected chi connectivity index (χ0v) is 12.8. The molecular weight excluding hydrogens is 314 g/mol. The minimum Gasteiger partial charge on any atom is -0.296 e. The van der Waals surface area contributed by atoms with Crippen LogP contribution in [0.15, 0.2) is 71.6 Å². The lowest BCUT2D eigenvalue weighted by molar-refractivity contribution is 0.111. The van der Waals surface area contributed by atoms with E-state index in [1.54, 1.807) is 42.5 Å². The Kier molecular flexibility index (Phi) is 3.94. The van der Waals surface area contributed by atoms with Gasteiger partial charge in [-0.05, 0) is 24.3 Å². The molecule has 0 aliphatic carbocycles. The molecule has 116 valence electrons. The molecule has 6 nitrogen and oxygen atoms in total. The highest BCUT2D eigenvalue weighted by Crippen LogP contribution is 2.20. The third kappa shape index (κ3) is 3.14. The molecule has 0 radical (unpaired) electrons. The van der Waals surface area contributed by atoms with Gasteiger partial charge in [0.25, 0.3) is 10.0 Å². The first kappa shape index (κ1) is 15.0. The van der Waals surface area contributed by atoms with Crippen molar-refractivity contribution < 1.29 is 13.2 Å². The molecule has 0 aliphatic rings. The number of aldehydes is 1. The van der Waals surface area contributed by atoms with Gasteiger partial charge in [0, 0.05) is 6.07 Å². The van der Waals surface area contributed by atoms with E-state index in [9.17, 15) is 13.2 Å². The Morgan fingerprint density at radius 1 is 0.957 bits per heavy atom. The van der Waals surface area contributed by atoms with Gasteiger partial charge in [0.15, 0.2) is 6.29 Å². The molecule has 7 heteroatoms. The topological polar surface area (TPSA) is 81.1 Å². The molecule has 3 rings (SSSR count). The van der Waals surface area contributed by atoms with E-state index in [4.69, 9.17) is 0 Å². The Hall–Kier alpha value is -2.93. The summed E-state index contributed by atoms with van der Waals surface area (Å²) in [5.74, 6) is 0.196. The molecule has 0 saturated heterocycles. The van der Waals surface area contributed by atoms with Crippen molar-refractivity contribution >= 4 is 22.1 Å². The number of nitrogens with one attached hydrogen (secondary N) is 1. The summed E-state index contributed by atoms with van der Waals surface area (Å²) in [5.41, 5.74) is 0.783. The van der Waals surface area contributed by atoms with E-state index in [1.807, 2.05) is 6.07 Å². The Balaban J connectivity index is 2.04. The molecule has 3 aromatic rings. The standard InChI is InChI=1S/C16H13N3O3S/c20-12-13-11-16(19(17-13)14-7-3-1-4-8-14)18-23(21,22)15-9-5-2-6-10-15/h1-12,18H. The summed E-state index contributed by atoms with van der Waals surface area (Å²) in [5, 5.41) is 4.10. The highest BCUT2D eigenvalue weighted by Gasteiger charge is 2.18. The van der Waals surface area contributed by atoms with Crippen molar-refractivity contribution in [2.75, 3.05) is 4.72 Å². The highest BCUT2D eigenvalue weighted by molar-refractivity contribution is 7.92. The molecule has 1 aromatic heterocycles. The second-order valence-corrected chi connectivity index (χ2v) is 6.42. The van der Waals surface area contributed by atoms with Crippen molar-refractivity contribution in [2.24, 2.45) is 0 Å². The largest absolute Gasteiger partial charge is 0.296 e. The quantitative estimate of drug-likeness (QED) is 0.730. The molecule has 0 atom stereocenters. The maximum Gasteiger partial charge on any atom is 0.263 e. The van der Waals surface area contributed by atoms with E-state index in [0.717, 1.165) is 0 Å². The summed E-state index contributed by atoms with van der Waals surface area (Å²) < 4.78 is 28.7. The van der Waals surface area contributed by atoms with Gasteiger partial charge in [-0.1, -0.05) is 36.4 Å². The highest BCUT2D eigenvalue weighted by atomic mass is 32.2. The molecule has 0 fully saturated rings. The van der Waals surface area contributed by atoms with Crippen LogP contribution in [-0.4, -0.2) is 24.5 Å². The Morgan fingerprint density at radius 3 is 2.17 bits per heavy atom. The van der Waals surface area contributed by atoms with E-state index in [1.165, 1.54) is 22.9 Å². The lowest BCUT2D eigenvalue weighted by atomic mass is 10.3. The van der Waals surface area contributed by atoms with Crippen LogP contribution < -0.4 is 4.72 Å². The maximum absolute atomic E-state index is 12.4. The van der Waals surface area contributed by atoms with E-state index < -0.39 is 10.0 Å². The van der Waals surface area contributed by atoms with Crippen molar-refractivity contribution in [1.82, 2.24) is 9.78 Å². The number of rotatable bonds is 5. The van der Waals surface area contributed by atoms with Gasteiger partial charge in [-0.25, -0.2) is 13.1 Å². The minimum atomic E-state index is -3.77. The lowest BCUT2D eigenvalue weighted by Gasteiger charge is -2.10.